The summed E-state index contributed by atoms with van der Waals surface area (Å²) in [5, 5.41) is 13.4. The summed E-state index contributed by atoms with van der Waals surface area (Å²) in [7, 11) is -3.53. The number of benzene rings is 2. The first-order chi connectivity index (χ1) is 19.5. The molecule has 1 aromatic heterocycles. The Kier molecular flexibility index (Phi) is 9.97. The van der Waals surface area contributed by atoms with Gasteiger partial charge in [0.25, 0.3) is 0 Å². The van der Waals surface area contributed by atoms with Crippen LogP contribution in [0.15, 0.2) is 42.5 Å². The van der Waals surface area contributed by atoms with Crippen molar-refractivity contribution in [2.75, 3.05) is 36.6 Å². The minimum Gasteiger partial charge on any atom is -0.489 e. The lowest BCUT2D eigenvalue weighted by molar-refractivity contribution is 0.300. The van der Waals surface area contributed by atoms with E-state index in [1.165, 1.54) is 0 Å². The molecule has 1 saturated heterocycles. The third-order valence-corrected chi connectivity index (χ3v) is 7.99. The Morgan fingerprint density at radius 3 is 2.44 bits per heavy atom. The van der Waals surface area contributed by atoms with E-state index >= 15 is 0 Å². The quantitative estimate of drug-likeness (QED) is 0.275. The molecule has 0 saturated carbocycles. The summed E-state index contributed by atoms with van der Waals surface area (Å²) in [4.78, 5) is 8.85. The van der Waals surface area contributed by atoms with E-state index in [2.05, 4.69) is 39.9 Å². The van der Waals surface area contributed by atoms with E-state index in [1.54, 1.807) is 6.07 Å². The maximum Gasteiger partial charge on any atom is 0.237 e. The lowest BCUT2D eigenvalue weighted by Crippen LogP contribution is -2.27. The van der Waals surface area contributed by atoms with E-state index in [-0.39, 0.29) is 31.0 Å². The van der Waals surface area contributed by atoms with Crippen LogP contribution in [0.25, 0.3) is 0 Å². The summed E-state index contributed by atoms with van der Waals surface area (Å²) < 4.78 is 37.7. The summed E-state index contributed by atoms with van der Waals surface area (Å²) in [6.07, 6.45) is 2.90. The number of anilines is 1. The average Bonchev–Trinajstić information content (AvgIpc) is 2.94. The van der Waals surface area contributed by atoms with Crippen LogP contribution in [0.4, 0.5) is 5.95 Å². The topological polar surface area (TPSA) is 126 Å². The fourth-order valence-corrected chi connectivity index (χ4v) is 5.52. The number of hydrogen-bond acceptors (Lipinski definition) is 8. The Hall–Kier alpha value is -3.10. The third kappa shape index (κ3) is 8.01. The lowest BCUT2D eigenvalue weighted by atomic mass is 9.77. The summed E-state index contributed by atoms with van der Waals surface area (Å²) in [6.45, 7) is 6.27. The molecular weight excluding hydrogens is 585 g/mol. The molecule has 41 heavy (non-hydrogen) atoms. The summed E-state index contributed by atoms with van der Waals surface area (Å²) >= 11 is 12.2. The number of aromatic nitrogens is 2. The van der Waals surface area contributed by atoms with Crippen LogP contribution in [0.5, 0.6) is 11.5 Å². The van der Waals surface area contributed by atoms with Gasteiger partial charge in [-0.3, -0.25) is 4.72 Å². The van der Waals surface area contributed by atoms with Crippen molar-refractivity contribution in [3.8, 4) is 17.6 Å². The number of sulfonamides is 1. The highest BCUT2D eigenvalue weighted by atomic mass is 35.5. The van der Waals surface area contributed by atoms with Crippen LogP contribution in [0.3, 0.4) is 0 Å². The van der Waals surface area contributed by atoms with Crippen LogP contribution >= 0.6 is 23.2 Å². The number of ether oxygens (including phenoxy) is 2. The molecule has 2 heterocycles. The molecule has 3 aromatic rings. The third-order valence-electron chi connectivity index (χ3n) is 7.01. The number of nitrogens with one attached hydrogen (secondary N) is 2. The monoisotopic (exact) mass is 617 g/mol. The zero-order valence-electron chi connectivity index (χ0n) is 23.2. The Morgan fingerprint density at radius 2 is 1.80 bits per heavy atom. The van der Waals surface area contributed by atoms with Gasteiger partial charge in [0.2, 0.25) is 16.0 Å². The number of alkyl halides is 1. The van der Waals surface area contributed by atoms with Crippen LogP contribution in [0.1, 0.15) is 60.7 Å². The zero-order chi connectivity index (χ0) is 29.6. The molecule has 4 rings (SSSR count). The van der Waals surface area contributed by atoms with Gasteiger partial charge >= 0.3 is 0 Å². The van der Waals surface area contributed by atoms with Crippen molar-refractivity contribution < 1.29 is 17.9 Å². The van der Waals surface area contributed by atoms with Gasteiger partial charge in [0, 0.05) is 17.0 Å². The summed E-state index contributed by atoms with van der Waals surface area (Å²) in [5.41, 5.74) is 3.13. The van der Waals surface area contributed by atoms with Crippen molar-refractivity contribution in [3.63, 3.8) is 0 Å². The average molecular weight is 619 g/mol. The molecule has 1 aliphatic rings. The van der Waals surface area contributed by atoms with E-state index in [1.807, 2.05) is 36.4 Å². The molecule has 0 radical (unpaired) electrons. The van der Waals surface area contributed by atoms with Crippen LogP contribution in [-0.4, -0.2) is 50.2 Å². The smallest absolute Gasteiger partial charge is 0.237 e. The minimum atomic E-state index is -3.53. The highest BCUT2D eigenvalue weighted by Gasteiger charge is 2.26. The molecule has 0 atom stereocenters. The first-order valence-electron chi connectivity index (χ1n) is 13.2. The molecule has 2 aromatic carbocycles. The first-order valence-corrected chi connectivity index (χ1v) is 16.0. The standard InChI is InChI=1S/C29H33Cl2N5O4S/c1-29(2,22-14-20(17-32)27(25(31)15-22)39-13-10-30)21-4-6-24(7-5-21)40-18-23-16-26(19-8-11-33-12-9-19)35-28(34-23)36-41(3,37)38/h4-7,14-16,19,33H,8-13,18H2,1-3H3,(H,34,35,36). The van der Waals surface area contributed by atoms with Gasteiger partial charge in [-0.05, 0) is 67.4 Å². The maximum atomic E-state index is 11.8. The predicted molar refractivity (Wildman–Crippen MR) is 161 cm³/mol. The molecule has 0 amide bonds. The molecule has 1 aliphatic heterocycles. The van der Waals surface area contributed by atoms with Gasteiger partial charge in [-0.1, -0.05) is 37.6 Å². The van der Waals surface area contributed by atoms with Crippen LogP contribution in [-0.2, 0) is 22.0 Å². The van der Waals surface area contributed by atoms with Gasteiger partial charge in [0.05, 0.1) is 28.4 Å². The Bertz CT molecular complexity index is 1520. The van der Waals surface area contributed by atoms with Gasteiger partial charge in [-0.2, -0.15) is 5.26 Å². The van der Waals surface area contributed by atoms with Crippen molar-refractivity contribution in [2.24, 2.45) is 0 Å². The van der Waals surface area contributed by atoms with Crippen molar-refractivity contribution in [3.05, 3.63) is 75.6 Å². The fourth-order valence-electron chi connectivity index (χ4n) is 4.75. The van der Waals surface area contributed by atoms with E-state index in [0.717, 1.165) is 49.0 Å². The molecule has 0 spiro atoms. The largest absolute Gasteiger partial charge is 0.489 e. The highest BCUT2D eigenvalue weighted by Crippen LogP contribution is 2.38. The van der Waals surface area contributed by atoms with Crippen LogP contribution in [0.2, 0.25) is 5.02 Å². The van der Waals surface area contributed by atoms with Crippen molar-refractivity contribution in [1.82, 2.24) is 15.3 Å². The summed E-state index contributed by atoms with van der Waals surface area (Å²) in [5.74, 6) is 1.52. The molecule has 12 heteroatoms. The molecule has 218 valence electrons. The number of rotatable bonds is 11. The fraction of sp³-hybridized carbons (Fsp3) is 0.414. The minimum absolute atomic E-state index is 0.0497. The van der Waals surface area contributed by atoms with Gasteiger partial charge in [-0.25, -0.2) is 18.4 Å². The molecule has 0 unspecified atom stereocenters. The second kappa shape index (κ2) is 13.3. The normalized spacial score (nSPS) is 14.3. The van der Waals surface area contributed by atoms with E-state index in [9.17, 15) is 13.7 Å². The first kappa shape index (κ1) is 30.8. The van der Waals surface area contributed by atoms with Crippen molar-refractivity contribution in [1.29, 1.82) is 5.26 Å². The zero-order valence-corrected chi connectivity index (χ0v) is 25.5. The SMILES string of the molecule is CC(C)(c1ccc(OCc2cc(C3CCNCC3)nc(NS(C)(=O)=O)n2)cc1)c1cc(Cl)c(OCCCl)c(C#N)c1. The molecular formula is C29H33Cl2N5O4S. The highest BCUT2D eigenvalue weighted by molar-refractivity contribution is 7.91. The van der Waals surface area contributed by atoms with E-state index < -0.39 is 15.4 Å². The molecule has 9 nitrogen and oxygen atoms in total. The predicted octanol–water partition coefficient (Wildman–Crippen LogP) is 5.36. The maximum absolute atomic E-state index is 11.8. The second-order valence-electron chi connectivity index (χ2n) is 10.4. The van der Waals surface area contributed by atoms with Crippen molar-refractivity contribution in [2.45, 2.75) is 44.6 Å². The second-order valence-corrected chi connectivity index (χ2v) is 13.0. The van der Waals surface area contributed by atoms with Crippen molar-refractivity contribution >= 4 is 39.2 Å². The molecule has 2 N–H and O–H groups in total. The van der Waals surface area contributed by atoms with E-state index in [0.29, 0.717) is 27.8 Å². The Balaban J connectivity index is 1.52. The van der Waals surface area contributed by atoms with Gasteiger partial charge in [0.15, 0.2) is 5.75 Å². The number of hydrogen-bond donors (Lipinski definition) is 2. The Labute approximate surface area is 251 Å². The number of nitrogens with zero attached hydrogens (tertiary/aromatic N) is 3. The number of nitriles is 1. The molecule has 0 aliphatic carbocycles. The van der Waals surface area contributed by atoms with Crippen LogP contribution in [0, 0.1) is 11.3 Å². The molecule has 1 fully saturated rings. The Morgan fingerprint density at radius 1 is 1.10 bits per heavy atom. The van der Waals surface area contributed by atoms with Gasteiger partial charge in [0.1, 0.15) is 25.0 Å². The molecule has 0 bridgehead atoms. The van der Waals surface area contributed by atoms with Gasteiger partial charge < -0.3 is 14.8 Å². The summed E-state index contributed by atoms with van der Waals surface area (Å²) in [6, 6.07) is 15.3. The van der Waals surface area contributed by atoms with E-state index in [4.69, 9.17) is 32.7 Å². The number of halogens is 2. The van der Waals surface area contributed by atoms with Gasteiger partial charge in [-0.15, -0.1) is 11.6 Å². The van der Waals surface area contributed by atoms with Crippen LogP contribution < -0.4 is 19.5 Å². The number of piperidine rings is 1. The lowest BCUT2D eigenvalue weighted by Gasteiger charge is -2.27.